The van der Waals surface area contributed by atoms with E-state index in [1.807, 2.05) is 33.6 Å². The molecule has 1 unspecified atom stereocenters. The van der Waals surface area contributed by atoms with Crippen LogP contribution in [-0.4, -0.2) is 56.1 Å². The lowest BCUT2D eigenvalue weighted by molar-refractivity contribution is -0.134. The maximum absolute atomic E-state index is 14.7. The van der Waals surface area contributed by atoms with Crippen molar-refractivity contribution in [1.29, 1.82) is 0 Å². The number of anilines is 1. The second kappa shape index (κ2) is 7.25. The molecule has 2 aromatic heterocycles. The Morgan fingerprint density at radius 1 is 1.03 bits per heavy atom. The summed E-state index contributed by atoms with van der Waals surface area (Å²) in [6.45, 7) is 4.02. The van der Waals surface area contributed by atoms with Crippen LogP contribution in [-0.2, 0) is 4.79 Å². The Labute approximate surface area is 184 Å². The molecule has 1 saturated heterocycles. The van der Waals surface area contributed by atoms with Gasteiger partial charge in [-0.1, -0.05) is 24.3 Å². The Morgan fingerprint density at radius 2 is 1.81 bits per heavy atom. The van der Waals surface area contributed by atoms with Gasteiger partial charge in [0.15, 0.2) is 11.5 Å². The van der Waals surface area contributed by atoms with Crippen LogP contribution in [0.5, 0.6) is 0 Å². The third-order valence-electron chi connectivity index (χ3n) is 6.46. The van der Waals surface area contributed by atoms with E-state index in [1.54, 1.807) is 18.2 Å². The molecule has 2 aliphatic rings. The van der Waals surface area contributed by atoms with Gasteiger partial charge in [0, 0.05) is 37.0 Å². The number of piperazine rings is 1. The Balaban J connectivity index is 1.49. The minimum Gasteiger partial charge on any atom is -0.338 e. The lowest BCUT2D eigenvalue weighted by Crippen LogP contribution is -2.55. The van der Waals surface area contributed by atoms with E-state index >= 15 is 0 Å². The van der Waals surface area contributed by atoms with Crippen LogP contribution in [0.4, 0.5) is 10.3 Å². The van der Waals surface area contributed by atoms with E-state index in [2.05, 4.69) is 22.0 Å². The van der Waals surface area contributed by atoms with Crippen molar-refractivity contribution in [2.75, 3.05) is 24.5 Å². The van der Waals surface area contributed by atoms with Crippen LogP contribution in [0.15, 0.2) is 48.5 Å². The van der Waals surface area contributed by atoms with Gasteiger partial charge in [-0.25, -0.2) is 13.8 Å². The first-order valence-electron chi connectivity index (χ1n) is 11.1. The van der Waals surface area contributed by atoms with Crippen molar-refractivity contribution in [1.82, 2.24) is 24.5 Å². The number of para-hydroxylation sites is 1. The van der Waals surface area contributed by atoms with Crippen LogP contribution in [0.3, 0.4) is 0 Å². The molecule has 1 aliphatic carbocycles. The normalized spacial score (nSPS) is 19.1. The highest BCUT2D eigenvalue weighted by Gasteiger charge is 2.38. The van der Waals surface area contributed by atoms with Crippen molar-refractivity contribution in [2.24, 2.45) is 5.92 Å². The topological polar surface area (TPSA) is 66.6 Å². The van der Waals surface area contributed by atoms with Crippen molar-refractivity contribution in [3.05, 3.63) is 54.3 Å². The molecule has 1 amide bonds. The number of carbonyl (C=O) groups excluding carboxylic acids is 1. The number of aromatic nitrogens is 4. The predicted octanol–water partition coefficient (Wildman–Crippen LogP) is 3.53. The van der Waals surface area contributed by atoms with Gasteiger partial charge >= 0.3 is 0 Å². The Morgan fingerprint density at radius 3 is 2.59 bits per heavy atom. The monoisotopic (exact) mass is 430 g/mol. The van der Waals surface area contributed by atoms with Gasteiger partial charge in [0.05, 0.1) is 11.1 Å². The van der Waals surface area contributed by atoms with E-state index < -0.39 is 0 Å². The molecule has 3 heterocycles. The smallest absolute Gasteiger partial charge is 0.226 e. The lowest BCUT2D eigenvalue weighted by Gasteiger charge is -2.40. The zero-order valence-electron chi connectivity index (χ0n) is 17.8. The van der Waals surface area contributed by atoms with Gasteiger partial charge in [-0.05, 0) is 44.0 Å². The number of fused-ring (bicyclic) bond motifs is 3. The maximum atomic E-state index is 14.7. The fourth-order valence-electron chi connectivity index (χ4n) is 4.63. The quantitative estimate of drug-likeness (QED) is 0.498. The van der Waals surface area contributed by atoms with E-state index in [1.165, 1.54) is 6.07 Å². The summed E-state index contributed by atoms with van der Waals surface area (Å²) in [6, 6.07) is 14.4. The minimum absolute atomic E-state index is 0.0635. The first kappa shape index (κ1) is 19.2. The van der Waals surface area contributed by atoms with Gasteiger partial charge < -0.3 is 9.80 Å². The number of hydrogen-bond acceptors (Lipinski definition) is 5. The highest BCUT2D eigenvalue weighted by atomic mass is 19.1. The average Bonchev–Trinajstić information content (AvgIpc) is 3.57. The van der Waals surface area contributed by atoms with Crippen LogP contribution in [0.1, 0.15) is 19.8 Å². The third-order valence-corrected chi connectivity index (χ3v) is 6.46. The Kier molecular flexibility index (Phi) is 4.34. The fraction of sp³-hybridized carbons (Fsp3) is 0.333. The fourth-order valence-corrected chi connectivity index (χ4v) is 4.63. The molecule has 32 heavy (non-hydrogen) atoms. The molecule has 0 radical (unpaired) electrons. The molecule has 0 N–H and O–H groups in total. The summed E-state index contributed by atoms with van der Waals surface area (Å²) in [4.78, 5) is 21.8. The van der Waals surface area contributed by atoms with E-state index in [0.29, 0.717) is 42.6 Å². The average molecular weight is 430 g/mol. The number of hydrogen-bond donors (Lipinski definition) is 0. The molecule has 2 fully saturated rings. The molecular formula is C24H23FN6O. The van der Waals surface area contributed by atoms with Crippen molar-refractivity contribution in [2.45, 2.75) is 25.8 Å². The molecular weight excluding hydrogens is 407 g/mol. The summed E-state index contributed by atoms with van der Waals surface area (Å²) in [5.41, 5.74) is 1.84. The van der Waals surface area contributed by atoms with Crippen molar-refractivity contribution >= 4 is 28.4 Å². The van der Waals surface area contributed by atoms with Gasteiger partial charge in [-0.3, -0.25) is 4.79 Å². The van der Waals surface area contributed by atoms with Crippen LogP contribution in [0.2, 0.25) is 0 Å². The molecule has 4 aromatic rings. The number of halogens is 1. The zero-order chi connectivity index (χ0) is 21.8. The zero-order valence-corrected chi connectivity index (χ0v) is 17.8. The molecule has 6 rings (SSSR count). The molecule has 1 aliphatic heterocycles. The van der Waals surface area contributed by atoms with Crippen molar-refractivity contribution < 1.29 is 9.18 Å². The van der Waals surface area contributed by atoms with Crippen molar-refractivity contribution in [3.8, 4) is 11.4 Å². The SMILES string of the molecule is CC1CN(c2nc3ccccc3c3nnc(-c4ccccc4F)n23)CCN1C(=O)C1CC1. The van der Waals surface area contributed by atoms with E-state index in [0.717, 1.165) is 23.7 Å². The number of benzene rings is 2. The minimum atomic E-state index is -0.353. The molecule has 1 atom stereocenters. The molecule has 162 valence electrons. The van der Waals surface area contributed by atoms with Gasteiger partial charge in [0.1, 0.15) is 5.82 Å². The standard InChI is InChI=1S/C24H23FN6O/c1-15-14-29(12-13-30(15)23(32)16-10-11-16)24-26-20-9-5-3-7-18(20)22-28-27-21(31(22)24)17-6-2-4-8-19(17)25/h2-9,15-16H,10-14H2,1H3. The van der Waals surface area contributed by atoms with Crippen LogP contribution < -0.4 is 4.90 Å². The Bertz CT molecular complexity index is 1350. The highest BCUT2D eigenvalue weighted by Crippen LogP contribution is 2.34. The summed E-state index contributed by atoms with van der Waals surface area (Å²) >= 11 is 0. The van der Waals surface area contributed by atoms with Gasteiger partial charge in [-0.15, -0.1) is 10.2 Å². The van der Waals surface area contributed by atoms with Gasteiger partial charge in [-0.2, -0.15) is 0 Å². The summed E-state index contributed by atoms with van der Waals surface area (Å²) in [6.07, 6.45) is 2.01. The number of carbonyl (C=O) groups is 1. The second-order valence-electron chi connectivity index (χ2n) is 8.69. The van der Waals surface area contributed by atoms with E-state index in [-0.39, 0.29) is 23.7 Å². The molecule has 8 heteroatoms. The highest BCUT2D eigenvalue weighted by molar-refractivity contribution is 5.93. The van der Waals surface area contributed by atoms with Crippen LogP contribution in [0.25, 0.3) is 27.9 Å². The second-order valence-corrected chi connectivity index (χ2v) is 8.69. The first-order chi connectivity index (χ1) is 15.6. The number of nitrogens with zero attached hydrogens (tertiary/aromatic N) is 6. The molecule has 2 aromatic carbocycles. The molecule has 1 saturated carbocycles. The van der Waals surface area contributed by atoms with Gasteiger partial charge in [0.2, 0.25) is 11.9 Å². The Hall–Kier alpha value is -3.55. The maximum Gasteiger partial charge on any atom is 0.226 e. The largest absolute Gasteiger partial charge is 0.338 e. The number of amides is 1. The summed E-state index contributed by atoms with van der Waals surface area (Å²) < 4.78 is 16.5. The van der Waals surface area contributed by atoms with Crippen LogP contribution in [0, 0.1) is 11.7 Å². The van der Waals surface area contributed by atoms with Crippen LogP contribution >= 0.6 is 0 Å². The van der Waals surface area contributed by atoms with Crippen molar-refractivity contribution in [3.63, 3.8) is 0 Å². The van der Waals surface area contributed by atoms with E-state index in [4.69, 9.17) is 4.98 Å². The molecule has 0 bridgehead atoms. The molecule has 7 nitrogen and oxygen atoms in total. The first-order valence-corrected chi connectivity index (χ1v) is 11.1. The number of rotatable bonds is 3. The molecule has 0 spiro atoms. The third kappa shape index (κ3) is 3.01. The predicted molar refractivity (Wildman–Crippen MR) is 120 cm³/mol. The summed E-state index contributed by atoms with van der Waals surface area (Å²) in [5, 5.41) is 9.66. The van der Waals surface area contributed by atoms with E-state index in [9.17, 15) is 9.18 Å². The van der Waals surface area contributed by atoms with Gasteiger partial charge in [0.25, 0.3) is 0 Å². The summed E-state index contributed by atoms with van der Waals surface area (Å²) in [5.74, 6) is 1.22. The lowest BCUT2D eigenvalue weighted by atomic mass is 10.1. The summed E-state index contributed by atoms with van der Waals surface area (Å²) in [7, 11) is 0.